The Morgan fingerprint density at radius 3 is 1.95 bits per heavy atom. The van der Waals surface area contributed by atoms with Crippen LogP contribution in [0.1, 0.15) is 83.6 Å². The molecule has 5 rings (SSSR count). The van der Waals surface area contributed by atoms with Crippen LogP contribution < -0.4 is 0 Å². The number of hydrogen-bond acceptors (Lipinski definition) is 5. The van der Waals surface area contributed by atoms with Gasteiger partial charge in [-0.15, -0.1) is 0 Å². The smallest absolute Gasteiger partial charge is 0.434 e. The van der Waals surface area contributed by atoms with E-state index in [9.17, 15) is 4.79 Å². The van der Waals surface area contributed by atoms with Crippen LogP contribution in [0.4, 0.5) is 4.79 Å². The van der Waals surface area contributed by atoms with Crippen molar-refractivity contribution in [2.75, 3.05) is 6.61 Å². The lowest BCUT2D eigenvalue weighted by Gasteiger charge is -2.17. The van der Waals surface area contributed by atoms with Crippen LogP contribution in [-0.4, -0.2) is 31.9 Å². The van der Waals surface area contributed by atoms with E-state index in [0.717, 1.165) is 24.5 Å². The average Bonchev–Trinajstić information content (AvgIpc) is 3.48. The van der Waals surface area contributed by atoms with Crippen molar-refractivity contribution in [2.24, 2.45) is 13.0 Å². The van der Waals surface area contributed by atoms with Gasteiger partial charge < -0.3 is 18.6 Å². The Morgan fingerprint density at radius 2 is 1.40 bits per heavy atom. The minimum absolute atomic E-state index is 0.117. The van der Waals surface area contributed by atoms with Gasteiger partial charge in [-0.2, -0.15) is 0 Å². The summed E-state index contributed by atoms with van der Waals surface area (Å²) in [6, 6.07) is 12.8. The molecule has 212 valence electrons. The maximum atomic E-state index is 11.6. The third kappa shape index (κ3) is 7.00. The summed E-state index contributed by atoms with van der Waals surface area (Å²) in [6.07, 6.45) is 9.09. The highest BCUT2D eigenvalue weighted by Gasteiger charge is 2.24. The number of nitrogens with zero attached hydrogens (tertiary/aromatic N) is 4. The van der Waals surface area contributed by atoms with E-state index in [2.05, 4.69) is 92.5 Å². The zero-order chi connectivity index (χ0) is 28.8. The van der Waals surface area contributed by atoms with Gasteiger partial charge in [0.15, 0.2) is 6.73 Å². The molecule has 0 spiro atoms. The number of hydrogen-bond donors (Lipinski definition) is 0. The summed E-state index contributed by atoms with van der Waals surface area (Å²) in [6.45, 7) is 13.5. The van der Waals surface area contributed by atoms with E-state index < -0.39 is 6.16 Å². The number of imidazole rings is 2. The molecule has 7 nitrogen and oxygen atoms in total. The second-order valence-corrected chi connectivity index (χ2v) is 11.0. The zero-order valence-corrected chi connectivity index (χ0v) is 24.8. The van der Waals surface area contributed by atoms with E-state index in [1.54, 1.807) is 6.20 Å². The second-order valence-electron chi connectivity index (χ2n) is 11.0. The van der Waals surface area contributed by atoms with Crippen molar-refractivity contribution in [3.63, 3.8) is 0 Å². The summed E-state index contributed by atoms with van der Waals surface area (Å²) >= 11 is 0. The van der Waals surface area contributed by atoms with Crippen LogP contribution in [0, 0.1) is 33.6 Å². The number of carbonyl (C=O) groups excluding carboxylic acids is 1. The molecule has 2 unspecified atom stereocenters. The van der Waals surface area contributed by atoms with Crippen molar-refractivity contribution >= 4 is 6.16 Å². The lowest BCUT2D eigenvalue weighted by atomic mass is 9.93. The normalized spacial score (nSPS) is 14.2. The standard InChI is InChI=1S/C19H24N2O3.C14H18N2/c1-13-5-4-6-17(14(13)2)15(3)18-20-9-10-21(18)12-24-19(22)23-11-16-7-8-16;1-10-6-5-7-13(11(10)2)12(3)14-15-8-9-16(14)4/h4-6,9-10,15-16H,7-8,11-12H2,1-3H3;5-9,12H,1-4H3. The Bertz CT molecular complexity index is 1430. The van der Waals surface area contributed by atoms with E-state index in [-0.39, 0.29) is 12.6 Å². The molecule has 2 aromatic heterocycles. The van der Waals surface area contributed by atoms with Crippen LogP contribution in [0.3, 0.4) is 0 Å². The highest BCUT2D eigenvalue weighted by molar-refractivity contribution is 5.59. The van der Waals surface area contributed by atoms with Crippen LogP contribution in [0.5, 0.6) is 0 Å². The number of aryl methyl sites for hydroxylation is 3. The fraction of sp³-hybridized carbons (Fsp3) is 0.424. The highest BCUT2D eigenvalue weighted by Crippen LogP contribution is 2.30. The number of benzene rings is 2. The highest BCUT2D eigenvalue weighted by atomic mass is 16.7. The topological polar surface area (TPSA) is 71.2 Å². The summed E-state index contributed by atoms with van der Waals surface area (Å²) < 4.78 is 14.2. The molecule has 2 atom stereocenters. The van der Waals surface area contributed by atoms with Crippen molar-refractivity contribution in [2.45, 2.75) is 73.0 Å². The number of aromatic nitrogens is 4. The SMILES string of the molecule is Cc1cccc(C(C)c2nccn2C)c1C.Cc1cccc(C(C)c2nccn2COC(=O)OCC2CC2)c1C. The van der Waals surface area contributed by atoms with Crippen LogP contribution in [0.25, 0.3) is 0 Å². The number of rotatable bonds is 8. The minimum atomic E-state index is -0.610. The molecule has 1 fully saturated rings. The molecule has 4 aromatic rings. The van der Waals surface area contributed by atoms with Crippen molar-refractivity contribution in [1.82, 2.24) is 19.1 Å². The van der Waals surface area contributed by atoms with Crippen LogP contribution in [0.15, 0.2) is 61.2 Å². The molecule has 0 radical (unpaired) electrons. The van der Waals surface area contributed by atoms with Gasteiger partial charge in [-0.05, 0) is 79.8 Å². The summed E-state index contributed by atoms with van der Waals surface area (Å²) in [5, 5.41) is 0. The van der Waals surface area contributed by atoms with Gasteiger partial charge in [-0.1, -0.05) is 50.2 Å². The van der Waals surface area contributed by atoms with Crippen LogP contribution in [-0.2, 0) is 23.3 Å². The largest absolute Gasteiger partial charge is 0.510 e. The summed E-state index contributed by atoms with van der Waals surface area (Å²) in [4.78, 5) is 20.5. The molecule has 0 N–H and O–H groups in total. The molecular formula is C33H42N4O3. The van der Waals surface area contributed by atoms with Crippen molar-refractivity contribution in [1.29, 1.82) is 0 Å². The molecular weight excluding hydrogens is 500 g/mol. The van der Waals surface area contributed by atoms with Gasteiger partial charge in [0.05, 0.1) is 6.61 Å². The maximum absolute atomic E-state index is 11.6. The average molecular weight is 543 g/mol. The van der Waals surface area contributed by atoms with E-state index >= 15 is 0 Å². The first-order valence-corrected chi connectivity index (χ1v) is 14.1. The fourth-order valence-corrected chi connectivity index (χ4v) is 5.00. The number of ether oxygens (including phenoxy) is 2. The van der Waals surface area contributed by atoms with Gasteiger partial charge in [-0.3, -0.25) is 0 Å². The van der Waals surface area contributed by atoms with Crippen LogP contribution >= 0.6 is 0 Å². The molecule has 7 heteroatoms. The van der Waals surface area contributed by atoms with Gasteiger partial charge in [0.2, 0.25) is 0 Å². The lowest BCUT2D eigenvalue weighted by Crippen LogP contribution is -2.15. The predicted molar refractivity (Wildman–Crippen MR) is 157 cm³/mol. The molecule has 1 aliphatic carbocycles. The van der Waals surface area contributed by atoms with Crippen molar-refractivity contribution < 1.29 is 14.3 Å². The summed E-state index contributed by atoms with van der Waals surface area (Å²) in [5.41, 5.74) is 7.85. The van der Waals surface area contributed by atoms with Gasteiger partial charge in [0.1, 0.15) is 11.6 Å². The maximum Gasteiger partial charge on any atom is 0.510 e. The first-order valence-electron chi connectivity index (χ1n) is 14.1. The molecule has 1 saturated carbocycles. The quantitative estimate of drug-likeness (QED) is 0.218. The zero-order valence-electron chi connectivity index (χ0n) is 24.8. The van der Waals surface area contributed by atoms with E-state index in [0.29, 0.717) is 18.4 Å². The lowest BCUT2D eigenvalue weighted by molar-refractivity contribution is 0.0303. The molecule has 0 aliphatic heterocycles. The Morgan fingerprint density at radius 1 is 0.850 bits per heavy atom. The van der Waals surface area contributed by atoms with Gasteiger partial charge in [0, 0.05) is 43.7 Å². The summed E-state index contributed by atoms with van der Waals surface area (Å²) in [5.74, 6) is 2.99. The van der Waals surface area contributed by atoms with Crippen molar-refractivity contribution in [3.8, 4) is 0 Å². The predicted octanol–water partition coefficient (Wildman–Crippen LogP) is 7.36. The summed E-state index contributed by atoms with van der Waals surface area (Å²) in [7, 11) is 2.05. The van der Waals surface area contributed by atoms with E-state index in [1.807, 2.05) is 30.2 Å². The second kappa shape index (κ2) is 13.0. The Labute approximate surface area is 238 Å². The molecule has 1 aliphatic rings. The van der Waals surface area contributed by atoms with Crippen molar-refractivity contribution in [3.05, 3.63) is 106 Å². The first-order chi connectivity index (χ1) is 19.2. The first kappa shape index (κ1) is 29.1. The van der Waals surface area contributed by atoms with Gasteiger partial charge in [0.25, 0.3) is 0 Å². The molecule has 2 aromatic carbocycles. The molecule has 2 heterocycles. The fourth-order valence-electron chi connectivity index (χ4n) is 5.00. The monoisotopic (exact) mass is 542 g/mol. The third-order valence-electron chi connectivity index (χ3n) is 8.06. The minimum Gasteiger partial charge on any atom is -0.434 e. The Balaban J connectivity index is 0.000000201. The molecule has 0 saturated heterocycles. The van der Waals surface area contributed by atoms with Crippen LogP contribution in [0.2, 0.25) is 0 Å². The third-order valence-corrected chi connectivity index (χ3v) is 8.06. The molecule has 0 bridgehead atoms. The Hall–Kier alpha value is -3.87. The van der Waals surface area contributed by atoms with Gasteiger partial charge >= 0.3 is 6.16 Å². The van der Waals surface area contributed by atoms with E-state index in [1.165, 1.54) is 33.4 Å². The Kier molecular flexibility index (Phi) is 9.46. The van der Waals surface area contributed by atoms with E-state index in [4.69, 9.17) is 9.47 Å². The molecule has 0 amide bonds. The van der Waals surface area contributed by atoms with Gasteiger partial charge in [-0.25, -0.2) is 14.8 Å². The molecule has 40 heavy (non-hydrogen) atoms. The number of carbonyl (C=O) groups is 1.